The summed E-state index contributed by atoms with van der Waals surface area (Å²) < 4.78 is 0. The first-order valence-corrected chi connectivity index (χ1v) is 9.17. The standard InChI is InChI=1S/C20H35NO4/c1-6-21(7-2)15-9-13-20(18(22)23,19(24)25)14-12-17(5)11-8-10-16(3)4/h10,12H,6-9,11,13-15H2,1-5H3,(H,22,23)(H,24,25)/b17-12+. The van der Waals surface area contributed by atoms with Gasteiger partial charge in [0.15, 0.2) is 5.41 Å². The molecule has 0 amide bonds. The van der Waals surface area contributed by atoms with Crippen LogP contribution in [0.3, 0.4) is 0 Å². The van der Waals surface area contributed by atoms with Gasteiger partial charge in [0.2, 0.25) is 0 Å². The van der Waals surface area contributed by atoms with Crippen LogP contribution in [0.4, 0.5) is 0 Å². The Morgan fingerprint density at radius 3 is 2.00 bits per heavy atom. The molecule has 0 spiro atoms. The number of nitrogens with zero attached hydrogens (tertiary/aromatic N) is 1. The Bertz CT molecular complexity index is 472. The number of allylic oxidation sites excluding steroid dienone is 4. The molecule has 0 heterocycles. The van der Waals surface area contributed by atoms with Crippen molar-refractivity contribution in [1.29, 1.82) is 0 Å². The van der Waals surface area contributed by atoms with Crippen LogP contribution >= 0.6 is 0 Å². The van der Waals surface area contributed by atoms with Crippen molar-refractivity contribution in [3.63, 3.8) is 0 Å². The van der Waals surface area contributed by atoms with Gasteiger partial charge in [-0.05, 0) is 72.5 Å². The Morgan fingerprint density at radius 1 is 1.00 bits per heavy atom. The van der Waals surface area contributed by atoms with Gasteiger partial charge in [-0.3, -0.25) is 9.59 Å². The molecular weight excluding hydrogens is 318 g/mol. The van der Waals surface area contributed by atoms with Gasteiger partial charge in [0, 0.05) is 0 Å². The Balaban J connectivity index is 5.00. The van der Waals surface area contributed by atoms with E-state index in [1.54, 1.807) is 6.08 Å². The number of rotatable bonds is 13. The molecule has 0 atom stereocenters. The zero-order valence-corrected chi connectivity index (χ0v) is 16.5. The first-order chi connectivity index (χ1) is 11.7. The lowest BCUT2D eigenvalue weighted by molar-refractivity contribution is -0.165. The Labute approximate surface area is 152 Å². The van der Waals surface area contributed by atoms with E-state index in [0.717, 1.165) is 38.0 Å². The smallest absolute Gasteiger partial charge is 0.321 e. The summed E-state index contributed by atoms with van der Waals surface area (Å²) in [5.41, 5.74) is 0.549. The summed E-state index contributed by atoms with van der Waals surface area (Å²) in [6.07, 6.45) is 6.37. The number of carbonyl (C=O) groups is 2. The summed E-state index contributed by atoms with van der Waals surface area (Å²) in [4.78, 5) is 25.7. The maximum atomic E-state index is 11.8. The lowest BCUT2D eigenvalue weighted by Gasteiger charge is -2.25. The van der Waals surface area contributed by atoms with Crippen molar-refractivity contribution in [2.24, 2.45) is 5.41 Å². The highest BCUT2D eigenvalue weighted by Crippen LogP contribution is 2.31. The minimum Gasteiger partial charge on any atom is -0.480 e. The van der Waals surface area contributed by atoms with Crippen molar-refractivity contribution in [1.82, 2.24) is 4.90 Å². The van der Waals surface area contributed by atoms with Gasteiger partial charge >= 0.3 is 11.9 Å². The molecule has 0 aromatic carbocycles. The highest BCUT2D eigenvalue weighted by Gasteiger charge is 2.45. The molecule has 0 unspecified atom stereocenters. The van der Waals surface area contributed by atoms with E-state index in [1.807, 2.05) is 34.6 Å². The van der Waals surface area contributed by atoms with Crippen molar-refractivity contribution < 1.29 is 19.8 Å². The van der Waals surface area contributed by atoms with Crippen molar-refractivity contribution in [3.8, 4) is 0 Å². The molecule has 0 fully saturated rings. The molecule has 0 bridgehead atoms. The van der Waals surface area contributed by atoms with Gasteiger partial charge in [-0.15, -0.1) is 0 Å². The van der Waals surface area contributed by atoms with E-state index in [1.165, 1.54) is 5.57 Å². The minimum atomic E-state index is -1.73. The maximum Gasteiger partial charge on any atom is 0.321 e. The van der Waals surface area contributed by atoms with Gasteiger partial charge in [0.1, 0.15) is 0 Å². The number of aliphatic carboxylic acids is 2. The van der Waals surface area contributed by atoms with Crippen LogP contribution in [0.2, 0.25) is 0 Å². The van der Waals surface area contributed by atoms with Crippen LogP contribution in [0.5, 0.6) is 0 Å². The molecule has 5 nitrogen and oxygen atoms in total. The van der Waals surface area contributed by atoms with Gasteiger partial charge < -0.3 is 15.1 Å². The van der Waals surface area contributed by atoms with E-state index in [4.69, 9.17) is 0 Å². The lowest BCUT2D eigenvalue weighted by atomic mass is 9.79. The topological polar surface area (TPSA) is 77.8 Å². The summed E-state index contributed by atoms with van der Waals surface area (Å²) in [7, 11) is 0. The van der Waals surface area contributed by atoms with E-state index in [0.29, 0.717) is 6.42 Å². The van der Waals surface area contributed by atoms with Crippen molar-refractivity contribution in [3.05, 3.63) is 23.3 Å². The molecule has 0 radical (unpaired) electrons. The number of carboxylic acid groups (broad SMARTS) is 2. The zero-order chi connectivity index (χ0) is 19.5. The largest absolute Gasteiger partial charge is 0.480 e. The van der Waals surface area contributed by atoms with Crippen LogP contribution in [0.1, 0.15) is 66.7 Å². The zero-order valence-electron chi connectivity index (χ0n) is 16.5. The van der Waals surface area contributed by atoms with E-state index in [-0.39, 0.29) is 12.8 Å². The van der Waals surface area contributed by atoms with E-state index < -0.39 is 17.4 Å². The van der Waals surface area contributed by atoms with Crippen LogP contribution in [0, 0.1) is 5.41 Å². The Hall–Kier alpha value is -1.62. The van der Waals surface area contributed by atoms with Crippen molar-refractivity contribution in [2.45, 2.75) is 66.7 Å². The molecule has 0 aromatic heterocycles. The molecular formula is C20H35NO4. The second-order valence-electron chi connectivity index (χ2n) is 6.90. The first-order valence-electron chi connectivity index (χ1n) is 9.17. The molecule has 2 N–H and O–H groups in total. The van der Waals surface area contributed by atoms with Crippen LogP contribution < -0.4 is 0 Å². The molecule has 0 saturated heterocycles. The minimum absolute atomic E-state index is 0.0383. The molecule has 0 aliphatic rings. The summed E-state index contributed by atoms with van der Waals surface area (Å²) >= 11 is 0. The summed E-state index contributed by atoms with van der Waals surface area (Å²) in [5, 5.41) is 19.2. The van der Waals surface area contributed by atoms with Gasteiger partial charge in [-0.2, -0.15) is 0 Å². The third-order valence-corrected chi connectivity index (χ3v) is 4.68. The predicted molar refractivity (Wildman–Crippen MR) is 102 cm³/mol. The molecule has 0 aliphatic carbocycles. The number of carboxylic acids is 2. The summed E-state index contributed by atoms with van der Waals surface area (Å²) in [6, 6.07) is 0. The third kappa shape index (κ3) is 8.34. The van der Waals surface area contributed by atoms with Crippen LogP contribution in [-0.4, -0.2) is 46.7 Å². The molecule has 5 heteroatoms. The van der Waals surface area contributed by atoms with Crippen molar-refractivity contribution in [2.75, 3.05) is 19.6 Å². The molecule has 144 valence electrons. The summed E-state index contributed by atoms with van der Waals surface area (Å²) in [6.45, 7) is 12.6. The number of hydrogen-bond donors (Lipinski definition) is 2. The molecule has 0 aromatic rings. The normalized spacial score (nSPS) is 12.3. The maximum absolute atomic E-state index is 11.8. The van der Waals surface area contributed by atoms with Gasteiger partial charge in [0.05, 0.1) is 0 Å². The lowest BCUT2D eigenvalue weighted by Crippen LogP contribution is -2.40. The van der Waals surface area contributed by atoms with Crippen molar-refractivity contribution >= 4 is 11.9 Å². The fourth-order valence-corrected chi connectivity index (χ4v) is 2.77. The fraction of sp³-hybridized carbons (Fsp3) is 0.700. The van der Waals surface area contributed by atoms with Crippen LogP contribution in [0.15, 0.2) is 23.3 Å². The average Bonchev–Trinajstić information content (AvgIpc) is 2.53. The number of hydrogen-bond acceptors (Lipinski definition) is 3. The highest BCUT2D eigenvalue weighted by molar-refractivity contribution is 5.98. The quantitative estimate of drug-likeness (QED) is 0.380. The van der Waals surface area contributed by atoms with Gasteiger partial charge in [0.25, 0.3) is 0 Å². The predicted octanol–water partition coefficient (Wildman–Crippen LogP) is 4.35. The van der Waals surface area contributed by atoms with Gasteiger partial charge in [-0.1, -0.05) is 37.1 Å². The Morgan fingerprint density at radius 2 is 1.56 bits per heavy atom. The van der Waals surface area contributed by atoms with E-state index in [9.17, 15) is 19.8 Å². The molecule has 0 rings (SSSR count). The fourth-order valence-electron chi connectivity index (χ4n) is 2.77. The Kier molecular flexibility index (Phi) is 11.1. The van der Waals surface area contributed by atoms with E-state index >= 15 is 0 Å². The van der Waals surface area contributed by atoms with E-state index in [2.05, 4.69) is 11.0 Å². The van der Waals surface area contributed by atoms with Crippen LogP contribution in [-0.2, 0) is 9.59 Å². The second-order valence-corrected chi connectivity index (χ2v) is 6.90. The molecule has 0 saturated carbocycles. The van der Waals surface area contributed by atoms with Crippen LogP contribution in [0.25, 0.3) is 0 Å². The molecule has 25 heavy (non-hydrogen) atoms. The second kappa shape index (κ2) is 11.9. The summed E-state index contributed by atoms with van der Waals surface area (Å²) in [5.74, 6) is -2.49. The molecule has 0 aliphatic heterocycles. The monoisotopic (exact) mass is 353 g/mol. The third-order valence-electron chi connectivity index (χ3n) is 4.68. The SMILES string of the molecule is CCN(CC)CCCC(C/C=C(\C)CCC=C(C)C)(C(=O)O)C(=O)O. The van der Waals surface area contributed by atoms with Gasteiger partial charge in [-0.25, -0.2) is 0 Å². The first kappa shape index (κ1) is 23.4. The highest BCUT2D eigenvalue weighted by atomic mass is 16.4. The average molecular weight is 354 g/mol.